The third kappa shape index (κ3) is 4.78. The van der Waals surface area contributed by atoms with Gasteiger partial charge < -0.3 is 15.4 Å². The first-order valence-electron chi connectivity index (χ1n) is 7.71. The van der Waals surface area contributed by atoms with E-state index >= 15 is 0 Å². The summed E-state index contributed by atoms with van der Waals surface area (Å²) in [4.78, 5) is 12.2. The number of benzene rings is 1. The van der Waals surface area contributed by atoms with E-state index in [9.17, 15) is 4.79 Å². The Labute approximate surface area is 142 Å². The summed E-state index contributed by atoms with van der Waals surface area (Å²) in [5.41, 5.74) is 1.89. The van der Waals surface area contributed by atoms with Gasteiger partial charge in [-0.15, -0.1) is 6.42 Å². The fraction of sp³-hybridized carbons (Fsp3) is 0.333. The molecule has 2 N–H and O–H groups in total. The van der Waals surface area contributed by atoms with E-state index in [0.717, 1.165) is 11.1 Å². The predicted molar refractivity (Wildman–Crippen MR) is 92.5 cm³/mol. The van der Waals surface area contributed by atoms with Crippen molar-refractivity contribution in [1.82, 2.24) is 20.4 Å². The Kier molecular flexibility index (Phi) is 5.85. The minimum atomic E-state index is -0.242. The van der Waals surface area contributed by atoms with E-state index in [2.05, 4.69) is 21.7 Å². The van der Waals surface area contributed by atoms with E-state index < -0.39 is 0 Å². The van der Waals surface area contributed by atoms with Crippen molar-refractivity contribution in [3.8, 4) is 18.1 Å². The highest BCUT2D eigenvalue weighted by Gasteiger charge is 2.14. The standard InChI is InChI=1S/C18H22N4O2/c1-5-9-24-17-8-6-7-15(10-17)13(2)20-18(23)21-14(3)16-11-19-22(4)12-16/h1,6-8,10-14H,9H2,2-4H3,(H2,20,21,23)/t13-,14+/m1/s1. The van der Waals surface area contributed by atoms with Crippen molar-refractivity contribution >= 4 is 6.03 Å². The van der Waals surface area contributed by atoms with Gasteiger partial charge in [0.2, 0.25) is 0 Å². The average Bonchev–Trinajstić information content (AvgIpc) is 2.99. The van der Waals surface area contributed by atoms with Crippen molar-refractivity contribution in [3.63, 3.8) is 0 Å². The summed E-state index contributed by atoms with van der Waals surface area (Å²) < 4.78 is 7.11. The molecule has 0 bridgehead atoms. The summed E-state index contributed by atoms with van der Waals surface area (Å²) in [6.45, 7) is 4.04. The van der Waals surface area contributed by atoms with Gasteiger partial charge in [0.1, 0.15) is 12.4 Å². The highest BCUT2D eigenvalue weighted by Crippen LogP contribution is 2.19. The monoisotopic (exact) mass is 326 g/mol. The van der Waals surface area contributed by atoms with E-state index in [1.807, 2.05) is 51.4 Å². The molecule has 6 nitrogen and oxygen atoms in total. The lowest BCUT2D eigenvalue weighted by Crippen LogP contribution is -2.38. The third-order valence-electron chi connectivity index (χ3n) is 3.60. The number of urea groups is 1. The average molecular weight is 326 g/mol. The number of nitrogens with one attached hydrogen (secondary N) is 2. The number of terminal acetylenes is 1. The van der Waals surface area contributed by atoms with Crippen molar-refractivity contribution in [3.05, 3.63) is 47.8 Å². The van der Waals surface area contributed by atoms with Gasteiger partial charge in [-0.2, -0.15) is 5.10 Å². The van der Waals surface area contributed by atoms with Gasteiger partial charge in [-0.05, 0) is 31.5 Å². The first-order valence-corrected chi connectivity index (χ1v) is 7.71. The van der Waals surface area contributed by atoms with E-state index in [1.54, 1.807) is 10.9 Å². The van der Waals surface area contributed by atoms with Crippen LogP contribution < -0.4 is 15.4 Å². The SMILES string of the molecule is C#CCOc1cccc([C@@H](C)NC(=O)N[C@@H](C)c2cnn(C)c2)c1. The van der Waals surface area contributed by atoms with Crippen LogP contribution in [-0.2, 0) is 7.05 Å². The van der Waals surface area contributed by atoms with Crippen LogP contribution in [0.2, 0.25) is 0 Å². The fourth-order valence-electron chi connectivity index (χ4n) is 2.26. The molecule has 2 amide bonds. The molecule has 0 unspecified atom stereocenters. The molecule has 0 aliphatic heterocycles. The van der Waals surface area contributed by atoms with Crippen LogP contribution in [0.1, 0.15) is 37.1 Å². The van der Waals surface area contributed by atoms with Crippen molar-refractivity contribution < 1.29 is 9.53 Å². The van der Waals surface area contributed by atoms with E-state index in [0.29, 0.717) is 5.75 Å². The van der Waals surface area contributed by atoms with E-state index in [-0.39, 0.29) is 24.7 Å². The van der Waals surface area contributed by atoms with Gasteiger partial charge >= 0.3 is 6.03 Å². The molecule has 0 saturated carbocycles. The van der Waals surface area contributed by atoms with Crippen LogP contribution in [0, 0.1) is 12.3 Å². The highest BCUT2D eigenvalue weighted by molar-refractivity contribution is 5.74. The number of amides is 2. The van der Waals surface area contributed by atoms with Gasteiger partial charge in [0, 0.05) is 18.8 Å². The molecule has 0 aliphatic rings. The van der Waals surface area contributed by atoms with Crippen LogP contribution in [0.15, 0.2) is 36.7 Å². The van der Waals surface area contributed by atoms with Crippen molar-refractivity contribution in [2.75, 3.05) is 6.61 Å². The summed E-state index contributed by atoms with van der Waals surface area (Å²) in [7, 11) is 1.84. The lowest BCUT2D eigenvalue weighted by Gasteiger charge is -2.18. The summed E-state index contributed by atoms with van der Waals surface area (Å²) in [5.74, 6) is 3.11. The van der Waals surface area contributed by atoms with Crippen LogP contribution in [0.5, 0.6) is 5.75 Å². The van der Waals surface area contributed by atoms with E-state index in [1.165, 1.54) is 0 Å². The summed E-state index contributed by atoms with van der Waals surface area (Å²) in [5, 5.41) is 9.92. The van der Waals surface area contributed by atoms with E-state index in [4.69, 9.17) is 11.2 Å². The number of hydrogen-bond donors (Lipinski definition) is 2. The molecule has 0 radical (unpaired) electrons. The largest absolute Gasteiger partial charge is 0.481 e. The summed E-state index contributed by atoms with van der Waals surface area (Å²) in [6.07, 6.45) is 8.80. The molecular weight excluding hydrogens is 304 g/mol. The Morgan fingerprint density at radius 3 is 2.67 bits per heavy atom. The zero-order valence-electron chi connectivity index (χ0n) is 14.1. The molecule has 2 atom stereocenters. The van der Waals surface area contributed by atoms with Gasteiger partial charge in [-0.1, -0.05) is 18.1 Å². The number of rotatable bonds is 6. The Hall–Kier alpha value is -2.94. The summed E-state index contributed by atoms with van der Waals surface area (Å²) >= 11 is 0. The molecule has 0 saturated heterocycles. The second-order valence-corrected chi connectivity index (χ2v) is 5.57. The smallest absolute Gasteiger partial charge is 0.315 e. The zero-order chi connectivity index (χ0) is 17.5. The zero-order valence-corrected chi connectivity index (χ0v) is 14.1. The van der Waals surface area contributed by atoms with Crippen molar-refractivity contribution in [1.29, 1.82) is 0 Å². The molecule has 1 aromatic heterocycles. The molecule has 126 valence electrons. The maximum atomic E-state index is 12.2. The maximum Gasteiger partial charge on any atom is 0.315 e. The first kappa shape index (κ1) is 17.4. The number of ether oxygens (including phenoxy) is 1. The van der Waals surface area contributed by atoms with Crippen LogP contribution >= 0.6 is 0 Å². The van der Waals surface area contributed by atoms with Crippen molar-refractivity contribution in [2.24, 2.45) is 7.05 Å². The summed E-state index contributed by atoms with van der Waals surface area (Å²) in [6, 6.07) is 6.96. The predicted octanol–water partition coefficient (Wildman–Crippen LogP) is 2.55. The lowest BCUT2D eigenvalue weighted by atomic mass is 10.1. The first-order chi connectivity index (χ1) is 11.5. The topological polar surface area (TPSA) is 68.2 Å². The number of aryl methyl sites for hydroxylation is 1. The van der Waals surface area contributed by atoms with Crippen LogP contribution in [0.3, 0.4) is 0 Å². The Balaban J connectivity index is 1.92. The minimum absolute atomic E-state index is 0.129. The highest BCUT2D eigenvalue weighted by atomic mass is 16.5. The third-order valence-corrected chi connectivity index (χ3v) is 3.60. The van der Waals surface area contributed by atoms with Gasteiger partial charge in [0.05, 0.1) is 18.3 Å². The lowest BCUT2D eigenvalue weighted by molar-refractivity contribution is 0.235. The molecule has 0 spiro atoms. The number of carbonyl (C=O) groups excluding carboxylic acids is 1. The second kappa shape index (κ2) is 8.06. The van der Waals surface area contributed by atoms with Crippen LogP contribution in [-0.4, -0.2) is 22.4 Å². The van der Waals surface area contributed by atoms with Gasteiger partial charge in [0.25, 0.3) is 0 Å². The van der Waals surface area contributed by atoms with Gasteiger partial charge in [-0.3, -0.25) is 4.68 Å². The fourth-order valence-corrected chi connectivity index (χ4v) is 2.26. The number of aromatic nitrogens is 2. The molecule has 1 heterocycles. The Morgan fingerprint density at radius 2 is 2.04 bits per heavy atom. The van der Waals surface area contributed by atoms with Crippen LogP contribution in [0.25, 0.3) is 0 Å². The Bertz CT molecular complexity index is 733. The van der Waals surface area contributed by atoms with Gasteiger partial charge in [0.15, 0.2) is 0 Å². The second-order valence-electron chi connectivity index (χ2n) is 5.57. The molecule has 6 heteroatoms. The number of hydrogen-bond acceptors (Lipinski definition) is 3. The molecule has 2 rings (SSSR count). The minimum Gasteiger partial charge on any atom is -0.481 e. The molecule has 0 fully saturated rings. The van der Waals surface area contributed by atoms with Crippen molar-refractivity contribution in [2.45, 2.75) is 25.9 Å². The normalized spacial score (nSPS) is 12.8. The molecule has 1 aromatic carbocycles. The molecule has 0 aliphatic carbocycles. The number of nitrogens with zero attached hydrogens (tertiary/aromatic N) is 2. The van der Waals surface area contributed by atoms with Gasteiger partial charge in [-0.25, -0.2) is 4.79 Å². The molecular formula is C18H22N4O2. The number of carbonyl (C=O) groups is 1. The molecule has 24 heavy (non-hydrogen) atoms. The quantitative estimate of drug-likeness (QED) is 0.802. The maximum absolute atomic E-state index is 12.2. The van der Waals surface area contributed by atoms with Crippen LogP contribution in [0.4, 0.5) is 4.79 Å². The molecule has 2 aromatic rings. The Morgan fingerprint density at radius 1 is 1.33 bits per heavy atom.